The van der Waals surface area contributed by atoms with Crippen LogP contribution in [0.4, 0.5) is 0 Å². The van der Waals surface area contributed by atoms with Gasteiger partial charge in [-0.3, -0.25) is 4.79 Å². The zero-order chi connectivity index (χ0) is 9.19. The van der Waals surface area contributed by atoms with E-state index in [1.165, 1.54) is 6.42 Å². The molecule has 12 heavy (non-hydrogen) atoms. The number of rotatable bonds is 3. The SMILES string of the molecule is CN[C@@H](C)C(=O)NC1(C)CCC1. The van der Waals surface area contributed by atoms with Gasteiger partial charge >= 0.3 is 0 Å². The van der Waals surface area contributed by atoms with Crippen molar-refractivity contribution in [1.29, 1.82) is 0 Å². The van der Waals surface area contributed by atoms with E-state index in [9.17, 15) is 4.79 Å². The number of hydrogen-bond donors (Lipinski definition) is 2. The molecule has 0 unspecified atom stereocenters. The van der Waals surface area contributed by atoms with Crippen molar-refractivity contribution in [3.05, 3.63) is 0 Å². The number of carbonyl (C=O) groups is 1. The van der Waals surface area contributed by atoms with Crippen LogP contribution in [0.15, 0.2) is 0 Å². The Labute approximate surface area is 73.9 Å². The van der Waals surface area contributed by atoms with Gasteiger partial charge in [0.1, 0.15) is 0 Å². The maximum Gasteiger partial charge on any atom is 0.237 e. The van der Waals surface area contributed by atoms with Gasteiger partial charge in [0, 0.05) is 5.54 Å². The summed E-state index contributed by atoms with van der Waals surface area (Å²) < 4.78 is 0. The van der Waals surface area contributed by atoms with Crippen molar-refractivity contribution < 1.29 is 4.79 Å². The van der Waals surface area contributed by atoms with Crippen LogP contribution in [0, 0.1) is 0 Å². The van der Waals surface area contributed by atoms with Crippen molar-refractivity contribution in [3.63, 3.8) is 0 Å². The van der Waals surface area contributed by atoms with Crippen molar-refractivity contribution >= 4 is 5.91 Å². The summed E-state index contributed by atoms with van der Waals surface area (Å²) in [5, 5.41) is 5.97. The highest BCUT2D eigenvalue weighted by molar-refractivity contribution is 5.82. The third-order valence-corrected chi connectivity index (χ3v) is 2.71. The molecule has 0 radical (unpaired) electrons. The third-order valence-electron chi connectivity index (χ3n) is 2.71. The van der Waals surface area contributed by atoms with E-state index in [4.69, 9.17) is 0 Å². The molecule has 0 aromatic carbocycles. The van der Waals surface area contributed by atoms with E-state index in [2.05, 4.69) is 17.6 Å². The molecule has 0 aliphatic heterocycles. The summed E-state index contributed by atoms with van der Waals surface area (Å²) >= 11 is 0. The summed E-state index contributed by atoms with van der Waals surface area (Å²) in [4.78, 5) is 11.4. The summed E-state index contributed by atoms with van der Waals surface area (Å²) in [6.07, 6.45) is 3.48. The number of carbonyl (C=O) groups excluding carboxylic acids is 1. The lowest BCUT2D eigenvalue weighted by Gasteiger charge is -2.39. The second-order valence-electron chi connectivity index (χ2n) is 3.91. The minimum atomic E-state index is -0.0811. The Morgan fingerprint density at radius 1 is 1.50 bits per heavy atom. The topological polar surface area (TPSA) is 41.1 Å². The summed E-state index contributed by atoms with van der Waals surface area (Å²) in [6.45, 7) is 3.98. The Balaban J connectivity index is 2.35. The molecule has 2 N–H and O–H groups in total. The van der Waals surface area contributed by atoms with E-state index in [-0.39, 0.29) is 17.5 Å². The summed E-state index contributed by atoms with van der Waals surface area (Å²) in [5.74, 6) is 0.111. The monoisotopic (exact) mass is 170 g/mol. The highest BCUT2D eigenvalue weighted by Crippen LogP contribution is 2.30. The lowest BCUT2D eigenvalue weighted by atomic mass is 9.78. The standard InChI is InChI=1S/C9H18N2O/c1-7(10-3)8(12)11-9(2)5-4-6-9/h7,10H,4-6H2,1-3H3,(H,11,12)/t7-/m0/s1. The van der Waals surface area contributed by atoms with Gasteiger partial charge in [0.15, 0.2) is 0 Å². The fraction of sp³-hybridized carbons (Fsp3) is 0.889. The molecule has 0 aromatic rings. The van der Waals surface area contributed by atoms with E-state index in [0.29, 0.717) is 0 Å². The largest absolute Gasteiger partial charge is 0.350 e. The average molecular weight is 170 g/mol. The number of hydrogen-bond acceptors (Lipinski definition) is 2. The minimum absolute atomic E-state index is 0.0811. The van der Waals surface area contributed by atoms with Crippen LogP contribution in [0.5, 0.6) is 0 Å². The zero-order valence-corrected chi connectivity index (χ0v) is 8.11. The van der Waals surface area contributed by atoms with Crippen LogP contribution < -0.4 is 10.6 Å². The lowest BCUT2D eigenvalue weighted by Crippen LogP contribution is -2.55. The Morgan fingerprint density at radius 2 is 2.08 bits per heavy atom. The average Bonchev–Trinajstić information content (AvgIpc) is 2.00. The molecule has 1 aliphatic rings. The first-order chi connectivity index (χ1) is 5.57. The fourth-order valence-electron chi connectivity index (χ4n) is 1.37. The first kappa shape index (κ1) is 9.52. The van der Waals surface area contributed by atoms with Gasteiger partial charge in [-0.2, -0.15) is 0 Å². The van der Waals surface area contributed by atoms with Gasteiger partial charge in [0.25, 0.3) is 0 Å². The molecule has 1 saturated carbocycles. The van der Waals surface area contributed by atoms with Gasteiger partial charge in [-0.25, -0.2) is 0 Å². The van der Waals surface area contributed by atoms with Crippen LogP contribution in [-0.4, -0.2) is 24.5 Å². The van der Waals surface area contributed by atoms with E-state index >= 15 is 0 Å². The van der Waals surface area contributed by atoms with Crippen molar-refractivity contribution in [2.75, 3.05) is 7.05 Å². The second kappa shape index (κ2) is 3.44. The molecule has 0 heterocycles. The molecule has 3 nitrogen and oxygen atoms in total. The molecule has 1 fully saturated rings. The van der Waals surface area contributed by atoms with E-state index in [0.717, 1.165) is 12.8 Å². The summed E-state index contributed by atoms with van der Waals surface area (Å²) in [6, 6.07) is -0.0811. The number of amides is 1. The molecule has 3 heteroatoms. The second-order valence-corrected chi connectivity index (χ2v) is 3.91. The Morgan fingerprint density at radius 3 is 2.42 bits per heavy atom. The van der Waals surface area contributed by atoms with Crippen molar-refractivity contribution in [2.45, 2.75) is 44.7 Å². The lowest BCUT2D eigenvalue weighted by molar-refractivity contribution is -0.125. The highest BCUT2D eigenvalue weighted by Gasteiger charge is 2.33. The molecule has 70 valence electrons. The maximum absolute atomic E-state index is 11.4. The predicted octanol–water partition coefficient (Wildman–Crippen LogP) is 0.653. The first-order valence-electron chi connectivity index (χ1n) is 4.57. The zero-order valence-electron chi connectivity index (χ0n) is 8.11. The van der Waals surface area contributed by atoms with Crippen molar-refractivity contribution in [3.8, 4) is 0 Å². The molecule has 1 rings (SSSR count). The predicted molar refractivity (Wildman–Crippen MR) is 48.9 cm³/mol. The number of nitrogens with one attached hydrogen (secondary N) is 2. The van der Waals surface area contributed by atoms with Crippen LogP contribution >= 0.6 is 0 Å². The van der Waals surface area contributed by atoms with Crippen LogP contribution in [0.2, 0.25) is 0 Å². The van der Waals surface area contributed by atoms with Gasteiger partial charge in [-0.1, -0.05) is 0 Å². The normalized spacial score (nSPS) is 22.6. The molecule has 0 aromatic heterocycles. The van der Waals surface area contributed by atoms with Gasteiger partial charge in [-0.15, -0.1) is 0 Å². The highest BCUT2D eigenvalue weighted by atomic mass is 16.2. The van der Waals surface area contributed by atoms with Gasteiger partial charge in [-0.05, 0) is 40.2 Å². The van der Waals surface area contributed by atoms with Crippen LogP contribution in [0.25, 0.3) is 0 Å². The van der Waals surface area contributed by atoms with Crippen LogP contribution in [0.1, 0.15) is 33.1 Å². The van der Waals surface area contributed by atoms with Crippen LogP contribution in [0.3, 0.4) is 0 Å². The van der Waals surface area contributed by atoms with Gasteiger partial charge in [0.05, 0.1) is 6.04 Å². The molecule has 0 bridgehead atoms. The maximum atomic E-state index is 11.4. The van der Waals surface area contributed by atoms with Gasteiger partial charge < -0.3 is 10.6 Å². The Bertz CT molecular complexity index is 175. The molecule has 1 aliphatic carbocycles. The molecule has 0 saturated heterocycles. The fourth-order valence-corrected chi connectivity index (χ4v) is 1.37. The van der Waals surface area contributed by atoms with Crippen molar-refractivity contribution in [2.24, 2.45) is 0 Å². The molecular weight excluding hydrogens is 152 g/mol. The van der Waals surface area contributed by atoms with E-state index in [1.807, 2.05) is 6.92 Å². The van der Waals surface area contributed by atoms with Crippen LogP contribution in [-0.2, 0) is 4.79 Å². The Hall–Kier alpha value is -0.570. The summed E-state index contributed by atoms with van der Waals surface area (Å²) in [5.41, 5.74) is 0.0855. The summed E-state index contributed by atoms with van der Waals surface area (Å²) in [7, 11) is 1.80. The number of likely N-dealkylation sites (N-methyl/N-ethyl adjacent to an activating group) is 1. The van der Waals surface area contributed by atoms with Gasteiger partial charge in [0.2, 0.25) is 5.91 Å². The Kier molecular flexibility index (Phi) is 2.73. The molecule has 1 amide bonds. The third kappa shape index (κ3) is 1.97. The quantitative estimate of drug-likeness (QED) is 0.653. The smallest absolute Gasteiger partial charge is 0.237 e. The molecule has 1 atom stereocenters. The molecule has 0 spiro atoms. The van der Waals surface area contributed by atoms with Crippen molar-refractivity contribution in [1.82, 2.24) is 10.6 Å². The van der Waals surface area contributed by atoms with E-state index < -0.39 is 0 Å². The molecular formula is C9H18N2O. The first-order valence-corrected chi connectivity index (χ1v) is 4.57. The van der Waals surface area contributed by atoms with E-state index in [1.54, 1.807) is 7.05 Å². The minimum Gasteiger partial charge on any atom is -0.350 e.